The number of hydrogen-bond acceptors (Lipinski definition) is 6. The highest BCUT2D eigenvalue weighted by Crippen LogP contribution is 2.31. The van der Waals surface area contributed by atoms with Gasteiger partial charge in [0.15, 0.2) is 11.0 Å². The Hall–Kier alpha value is -2.42. The fourth-order valence-electron chi connectivity index (χ4n) is 3.32. The van der Waals surface area contributed by atoms with Crippen LogP contribution in [-0.2, 0) is 9.53 Å². The van der Waals surface area contributed by atoms with E-state index >= 15 is 0 Å². The zero-order valence-electron chi connectivity index (χ0n) is 16.5. The quantitative estimate of drug-likeness (QED) is 0.561. The predicted molar refractivity (Wildman–Crippen MR) is 117 cm³/mol. The van der Waals surface area contributed by atoms with Gasteiger partial charge in [-0.1, -0.05) is 29.4 Å². The van der Waals surface area contributed by atoms with Gasteiger partial charge in [-0.2, -0.15) is 0 Å². The summed E-state index contributed by atoms with van der Waals surface area (Å²) in [5.74, 6) is 0.851. The number of ether oxygens (including phenoxy) is 1. The number of rotatable bonds is 7. The van der Waals surface area contributed by atoms with Gasteiger partial charge in [0.1, 0.15) is 0 Å². The number of nitrogens with one attached hydrogen (secondary N) is 1. The van der Waals surface area contributed by atoms with E-state index in [1.54, 1.807) is 12.4 Å². The van der Waals surface area contributed by atoms with Gasteiger partial charge >= 0.3 is 0 Å². The Bertz CT molecular complexity index is 1020. The molecule has 0 bridgehead atoms. The standard InChI is InChI=1S/C21H22ClN5O2S/c1-14-17(22)5-2-6-18(14)27-20(15-7-9-23-10-8-15)25-26-21(27)30-13-19(28)24-12-16-4-3-11-29-16/h2,5-10,16H,3-4,11-13H2,1H3,(H,24,28)/t16-/m0/s1. The van der Waals surface area contributed by atoms with Crippen LogP contribution in [0.4, 0.5) is 0 Å². The van der Waals surface area contributed by atoms with Crippen molar-refractivity contribution in [1.82, 2.24) is 25.1 Å². The third-order valence-corrected chi connectivity index (χ3v) is 6.27. The van der Waals surface area contributed by atoms with E-state index in [-0.39, 0.29) is 17.8 Å². The van der Waals surface area contributed by atoms with Gasteiger partial charge in [0, 0.05) is 36.1 Å². The lowest BCUT2D eigenvalue weighted by Crippen LogP contribution is -2.32. The van der Waals surface area contributed by atoms with Crippen molar-refractivity contribution in [3.63, 3.8) is 0 Å². The van der Waals surface area contributed by atoms with Crippen molar-refractivity contribution in [3.8, 4) is 17.1 Å². The molecule has 0 radical (unpaired) electrons. The number of aromatic nitrogens is 4. The molecule has 7 nitrogen and oxygen atoms in total. The fraction of sp³-hybridized carbons (Fsp3) is 0.333. The Morgan fingerprint density at radius 1 is 1.30 bits per heavy atom. The predicted octanol–water partition coefficient (Wildman–Crippen LogP) is 3.68. The first-order valence-corrected chi connectivity index (χ1v) is 11.1. The molecule has 1 N–H and O–H groups in total. The van der Waals surface area contributed by atoms with Crippen LogP contribution in [0.3, 0.4) is 0 Å². The van der Waals surface area contributed by atoms with Crippen LogP contribution >= 0.6 is 23.4 Å². The fourth-order valence-corrected chi connectivity index (χ4v) is 4.27. The first-order chi connectivity index (χ1) is 14.6. The molecule has 2 aromatic heterocycles. The van der Waals surface area contributed by atoms with Crippen LogP contribution in [0.15, 0.2) is 47.9 Å². The lowest BCUT2D eigenvalue weighted by molar-refractivity contribution is -0.119. The SMILES string of the molecule is Cc1c(Cl)cccc1-n1c(SCC(=O)NC[C@@H]2CCCO2)nnc1-c1ccncc1. The molecule has 1 amide bonds. The Morgan fingerprint density at radius 3 is 2.90 bits per heavy atom. The largest absolute Gasteiger partial charge is 0.376 e. The molecule has 4 rings (SSSR count). The van der Waals surface area contributed by atoms with E-state index in [0.717, 1.165) is 36.3 Å². The molecule has 0 unspecified atom stereocenters. The van der Waals surface area contributed by atoms with E-state index in [9.17, 15) is 4.79 Å². The minimum atomic E-state index is -0.0571. The van der Waals surface area contributed by atoms with Gasteiger partial charge < -0.3 is 10.1 Å². The summed E-state index contributed by atoms with van der Waals surface area (Å²) in [6.07, 6.45) is 5.59. The average molecular weight is 444 g/mol. The normalized spacial score (nSPS) is 16.0. The van der Waals surface area contributed by atoms with E-state index in [2.05, 4.69) is 20.5 Å². The van der Waals surface area contributed by atoms with Gasteiger partial charge in [0.2, 0.25) is 5.91 Å². The zero-order valence-corrected chi connectivity index (χ0v) is 18.1. The number of carbonyl (C=O) groups excluding carboxylic acids is 1. The molecule has 1 aliphatic rings. The summed E-state index contributed by atoms with van der Waals surface area (Å²) >= 11 is 7.71. The summed E-state index contributed by atoms with van der Waals surface area (Å²) in [5.41, 5.74) is 2.67. The molecular weight excluding hydrogens is 422 g/mol. The maximum atomic E-state index is 12.3. The molecule has 1 saturated heterocycles. The second-order valence-electron chi connectivity index (χ2n) is 6.99. The summed E-state index contributed by atoms with van der Waals surface area (Å²) in [6, 6.07) is 9.47. The highest BCUT2D eigenvalue weighted by atomic mass is 35.5. The number of benzene rings is 1. The lowest BCUT2D eigenvalue weighted by atomic mass is 10.2. The zero-order chi connectivity index (χ0) is 20.9. The van der Waals surface area contributed by atoms with E-state index < -0.39 is 0 Å². The van der Waals surface area contributed by atoms with Gasteiger partial charge in [-0.15, -0.1) is 10.2 Å². The molecule has 9 heteroatoms. The van der Waals surface area contributed by atoms with E-state index in [1.807, 2.05) is 41.8 Å². The molecule has 0 spiro atoms. The third kappa shape index (κ3) is 4.66. The van der Waals surface area contributed by atoms with Crippen LogP contribution in [0.25, 0.3) is 17.1 Å². The minimum absolute atomic E-state index is 0.0571. The van der Waals surface area contributed by atoms with E-state index in [1.165, 1.54) is 11.8 Å². The Balaban J connectivity index is 1.57. The molecule has 0 aliphatic carbocycles. The van der Waals surface area contributed by atoms with Crippen LogP contribution in [-0.4, -0.2) is 50.7 Å². The second-order valence-corrected chi connectivity index (χ2v) is 8.34. The highest BCUT2D eigenvalue weighted by molar-refractivity contribution is 7.99. The van der Waals surface area contributed by atoms with Crippen LogP contribution < -0.4 is 5.32 Å². The smallest absolute Gasteiger partial charge is 0.230 e. The number of carbonyl (C=O) groups is 1. The maximum Gasteiger partial charge on any atom is 0.230 e. The van der Waals surface area contributed by atoms with Crippen LogP contribution in [0.1, 0.15) is 18.4 Å². The molecule has 1 atom stereocenters. The van der Waals surface area contributed by atoms with Crippen molar-refractivity contribution in [3.05, 3.63) is 53.3 Å². The first-order valence-electron chi connectivity index (χ1n) is 9.76. The second kappa shape index (κ2) is 9.59. The number of hydrogen-bond donors (Lipinski definition) is 1. The Labute approximate surface area is 184 Å². The Morgan fingerprint density at radius 2 is 2.13 bits per heavy atom. The molecule has 156 valence electrons. The van der Waals surface area contributed by atoms with Gasteiger partial charge in [0.25, 0.3) is 0 Å². The maximum absolute atomic E-state index is 12.3. The third-order valence-electron chi connectivity index (χ3n) is 4.94. The van der Waals surface area contributed by atoms with Gasteiger partial charge in [0.05, 0.1) is 17.5 Å². The van der Waals surface area contributed by atoms with E-state index in [0.29, 0.717) is 22.5 Å². The minimum Gasteiger partial charge on any atom is -0.376 e. The topological polar surface area (TPSA) is 81.9 Å². The van der Waals surface area contributed by atoms with Crippen molar-refractivity contribution >= 4 is 29.3 Å². The van der Waals surface area contributed by atoms with Crippen LogP contribution in [0, 0.1) is 6.92 Å². The van der Waals surface area contributed by atoms with Crippen molar-refractivity contribution in [2.24, 2.45) is 0 Å². The lowest BCUT2D eigenvalue weighted by Gasteiger charge is -2.14. The molecule has 1 aliphatic heterocycles. The summed E-state index contributed by atoms with van der Waals surface area (Å²) in [4.78, 5) is 16.4. The molecule has 1 fully saturated rings. The number of halogens is 1. The van der Waals surface area contributed by atoms with Crippen molar-refractivity contribution < 1.29 is 9.53 Å². The van der Waals surface area contributed by atoms with Crippen LogP contribution in [0.5, 0.6) is 0 Å². The summed E-state index contributed by atoms with van der Waals surface area (Å²) in [5, 5.41) is 13.0. The van der Waals surface area contributed by atoms with Gasteiger partial charge in [-0.25, -0.2) is 0 Å². The van der Waals surface area contributed by atoms with Gasteiger partial charge in [-0.3, -0.25) is 14.3 Å². The number of nitrogens with zero attached hydrogens (tertiary/aromatic N) is 4. The highest BCUT2D eigenvalue weighted by Gasteiger charge is 2.20. The summed E-state index contributed by atoms with van der Waals surface area (Å²) in [7, 11) is 0. The summed E-state index contributed by atoms with van der Waals surface area (Å²) < 4.78 is 7.49. The van der Waals surface area contributed by atoms with Crippen molar-refractivity contribution in [1.29, 1.82) is 0 Å². The number of pyridine rings is 1. The molecule has 3 heterocycles. The molecule has 1 aromatic carbocycles. The molecule has 30 heavy (non-hydrogen) atoms. The molecule has 0 saturated carbocycles. The van der Waals surface area contributed by atoms with Gasteiger partial charge in [-0.05, 0) is 49.6 Å². The number of amides is 1. The number of thioether (sulfide) groups is 1. The Kier molecular flexibility index (Phi) is 6.66. The molecule has 3 aromatic rings. The van der Waals surface area contributed by atoms with Crippen molar-refractivity contribution in [2.75, 3.05) is 18.9 Å². The molecular formula is C21H22ClN5O2S. The first kappa shape index (κ1) is 20.8. The monoisotopic (exact) mass is 443 g/mol. The average Bonchev–Trinajstić information content (AvgIpc) is 3.43. The van der Waals surface area contributed by atoms with Crippen molar-refractivity contribution in [2.45, 2.75) is 31.0 Å². The summed E-state index contributed by atoms with van der Waals surface area (Å²) in [6.45, 7) is 3.27. The van der Waals surface area contributed by atoms with E-state index in [4.69, 9.17) is 16.3 Å². The van der Waals surface area contributed by atoms with Crippen LogP contribution in [0.2, 0.25) is 5.02 Å².